The second-order valence-corrected chi connectivity index (χ2v) is 5.79. The Kier molecular flexibility index (Phi) is 5.85. The van der Waals surface area contributed by atoms with Gasteiger partial charge in [-0.3, -0.25) is 5.73 Å². The van der Waals surface area contributed by atoms with Gasteiger partial charge >= 0.3 is 0 Å². The number of aliphatic hydroxyl groups is 1. The van der Waals surface area contributed by atoms with Crippen LogP contribution in [0.1, 0.15) is 38.5 Å². The van der Waals surface area contributed by atoms with Gasteiger partial charge < -0.3 is 20.3 Å². The molecule has 0 aromatic heterocycles. The number of ether oxygens (including phenoxy) is 2. The van der Waals surface area contributed by atoms with E-state index < -0.39 is 11.8 Å². The summed E-state index contributed by atoms with van der Waals surface area (Å²) < 4.78 is 11.2. The Morgan fingerprint density at radius 3 is 2.48 bits per heavy atom. The lowest BCUT2D eigenvalue weighted by Gasteiger charge is -2.26. The van der Waals surface area contributed by atoms with Gasteiger partial charge in [0.15, 0.2) is 6.23 Å². The average Bonchev–Trinajstić information content (AvgIpc) is 2.71. The van der Waals surface area contributed by atoms with E-state index in [1.54, 1.807) is 6.07 Å². The molecular weight excluding hydrogens is 268 g/mol. The van der Waals surface area contributed by atoms with Crippen molar-refractivity contribution in [2.45, 2.75) is 50.4 Å². The van der Waals surface area contributed by atoms with E-state index in [9.17, 15) is 5.11 Å². The van der Waals surface area contributed by atoms with Gasteiger partial charge in [-0.05, 0) is 25.0 Å². The summed E-state index contributed by atoms with van der Waals surface area (Å²) in [6.07, 6.45) is 5.61. The first kappa shape index (κ1) is 16.1. The quantitative estimate of drug-likeness (QED) is 0.549. The van der Waals surface area contributed by atoms with E-state index in [1.165, 1.54) is 12.8 Å². The van der Waals surface area contributed by atoms with Crippen LogP contribution < -0.4 is 20.9 Å². The summed E-state index contributed by atoms with van der Waals surface area (Å²) >= 11 is 0. The standard InChI is InChI=1S/C16H26N2O3/c17-11-15(18)21-14-7-5-6-13(10-14)20-12-16(19)8-3-1-2-4-9-16/h5-7,10,15,19H,1-4,8-9,11-12,17-18H2/t15-/m0/s1. The minimum atomic E-state index is -0.707. The summed E-state index contributed by atoms with van der Waals surface area (Å²) in [7, 11) is 0. The lowest BCUT2D eigenvalue weighted by atomic mass is 9.96. The molecule has 2 rings (SSSR count). The van der Waals surface area contributed by atoms with E-state index >= 15 is 0 Å². The third-order valence-electron chi connectivity index (χ3n) is 3.87. The molecule has 0 amide bonds. The van der Waals surface area contributed by atoms with Crippen LogP contribution in [-0.2, 0) is 0 Å². The lowest BCUT2D eigenvalue weighted by molar-refractivity contribution is -0.0174. The highest BCUT2D eigenvalue weighted by Crippen LogP contribution is 2.28. The molecule has 1 aliphatic carbocycles. The van der Waals surface area contributed by atoms with E-state index in [2.05, 4.69) is 0 Å². The molecule has 21 heavy (non-hydrogen) atoms. The number of nitrogens with two attached hydrogens (primary N) is 2. The molecule has 1 fully saturated rings. The molecule has 0 spiro atoms. The Morgan fingerprint density at radius 1 is 1.14 bits per heavy atom. The van der Waals surface area contributed by atoms with Gasteiger partial charge in [0, 0.05) is 12.6 Å². The maximum absolute atomic E-state index is 10.6. The van der Waals surface area contributed by atoms with Gasteiger partial charge in [-0.2, -0.15) is 0 Å². The Labute approximate surface area is 126 Å². The lowest BCUT2D eigenvalue weighted by Crippen LogP contribution is -2.35. The fourth-order valence-electron chi connectivity index (χ4n) is 2.61. The van der Waals surface area contributed by atoms with Gasteiger partial charge in [0.05, 0.1) is 5.60 Å². The molecule has 0 bridgehead atoms. The molecule has 5 nitrogen and oxygen atoms in total. The number of hydrogen-bond donors (Lipinski definition) is 3. The van der Waals surface area contributed by atoms with Crippen LogP contribution in [0.25, 0.3) is 0 Å². The van der Waals surface area contributed by atoms with Gasteiger partial charge in [0.25, 0.3) is 0 Å². The zero-order valence-corrected chi connectivity index (χ0v) is 12.5. The highest BCUT2D eigenvalue weighted by molar-refractivity contribution is 5.33. The zero-order valence-electron chi connectivity index (χ0n) is 12.5. The molecule has 0 unspecified atom stereocenters. The Morgan fingerprint density at radius 2 is 1.81 bits per heavy atom. The van der Waals surface area contributed by atoms with Gasteiger partial charge in [-0.15, -0.1) is 0 Å². The predicted octanol–water partition coefficient (Wildman–Crippen LogP) is 1.77. The molecule has 0 saturated heterocycles. The van der Waals surface area contributed by atoms with Crippen molar-refractivity contribution in [2.24, 2.45) is 11.5 Å². The molecule has 1 aliphatic rings. The first-order chi connectivity index (χ1) is 10.1. The largest absolute Gasteiger partial charge is 0.490 e. The summed E-state index contributed by atoms with van der Waals surface area (Å²) in [5, 5.41) is 10.6. The van der Waals surface area contributed by atoms with E-state index in [-0.39, 0.29) is 6.54 Å². The Bertz CT molecular complexity index is 431. The van der Waals surface area contributed by atoms with Crippen LogP contribution in [0.2, 0.25) is 0 Å². The molecule has 1 aromatic carbocycles. The highest BCUT2D eigenvalue weighted by atomic mass is 16.5. The van der Waals surface area contributed by atoms with Crippen molar-refractivity contribution in [1.82, 2.24) is 0 Å². The van der Waals surface area contributed by atoms with Gasteiger partial charge in [0.2, 0.25) is 0 Å². The van der Waals surface area contributed by atoms with Crippen LogP contribution in [0.5, 0.6) is 11.5 Å². The van der Waals surface area contributed by atoms with E-state index in [0.29, 0.717) is 18.1 Å². The number of hydrogen-bond acceptors (Lipinski definition) is 5. The third kappa shape index (κ3) is 5.19. The fourth-order valence-corrected chi connectivity index (χ4v) is 2.61. The molecule has 1 saturated carbocycles. The summed E-state index contributed by atoms with van der Waals surface area (Å²) in [5.41, 5.74) is 10.4. The first-order valence-corrected chi connectivity index (χ1v) is 7.69. The minimum absolute atomic E-state index is 0.255. The predicted molar refractivity (Wildman–Crippen MR) is 82.2 cm³/mol. The maximum Gasteiger partial charge on any atom is 0.160 e. The van der Waals surface area contributed by atoms with Crippen molar-refractivity contribution in [3.63, 3.8) is 0 Å². The van der Waals surface area contributed by atoms with Crippen LogP contribution in [0.4, 0.5) is 0 Å². The normalized spacial score (nSPS) is 19.6. The minimum Gasteiger partial charge on any atom is -0.490 e. The van der Waals surface area contributed by atoms with E-state index in [0.717, 1.165) is 25.7 Å². The molecule has 1 atom stereocenters. The molecule has 0 aliphatic heterocycles. The first-order valence-electron chi connectivity index (χ1n) is 7.69. The molecule has 0 heterocycles. The molecule has 5 N–H and O–H groups in total. The van der Waals surface area contributed by atoms with Crippen molar-refractivity contribution in [3.05, 3.63) is 24.3 Å². The Hall–Kier alpha value is -1.30. The van der Waals surface area contributed by atoms with Crippen molar-refractivity contribution >= 4 is 0 Å². The second kappa shape index (κ2) is 7.64. The van der Waals surface area contributed by atoms with Crippen LogP contribution >= 0.6 is 0 Å². The Balaban J connectivity index is 1.91. The van der Waals surface area contributed by atoms with Crippen molar-refractivity contribution in [2.75, 3.05) is 13.2 Å². The zero-order chi connectivity index (χ0) is 15.1. The monoisotopic (exact) mass is 294 g/mol. The molecule has 0 radical (unpaired) electrons. The fraction of sp³-hybridized carbons (Fsp3) is 0.625. The molecule has 1 aromatic rings. The average molecular weight is 294 g/mol. The number of rotatable bonds is 6. The summed E-state index contributed by atoms with van der Waals surface area (Å²) in [6, 6.07) is 7.27. The molecule has 118 valence electrons. The highest BCUT2D eigenvalue weighted by Gasteiger charge is 2.28. The van der Waals surface area contributed by atoms with Crippen LogP contribution in [0.15, 0.2) is 24.3 Å². The smallest absolute Gasteiger partial charge is 0.160 e. The second-order valence-electron chi connectivity index (χ2n) is 5.79. The van der Waals surface area contributed by atoms with E-state index in [4.69, 9.17) is 20.9 Å². The summed E-state index contributed by atoms with van der Waals surface area (Å²) in [4.78, 5) is 0. The maximum atomic E-state index is 10.6. The molecule has 5 heteroatoms. The van der Waals surface area contributed by atoms with E-state index in [1.807, 2.05) is 18.2 Å². The van der Waals surface area contributed by atoms with Crippen LogP contribution in [-0.4, -0.2) is 30.1 Å². The van der Waals surface area contributed by atoms with Crippen molar-refractivity contribution in [1.29, 1.82) is 0 Å². The molecular formula is C16H26N2O3. The van der Waals surface area contributed by atoms with Crippen LogP contribution in [0.3, 0.4) is 0 Å². The third-order valence-corrected chi connectivity index (χ3v) is 3.87. The number of benzene rings is 1. The summed E-state index contributed by atoms with van der Waals surface area (Å²) in [6.45, 7) is 0.574. The van der Waals surface area contributed by atoms with Gasteiger partial charge in [0.1, 0.15) is 18.1 Å². The van der Waals surface area contributed by atoms with Crippen molar-refractivity contribution < 1.29 is 14.6 Å². The SMILES string of the molecule is NC[C@@H](N)Oc1cccc(OCC2(O)CCCCCC2)c1. The van der Waals surface area contributed by atoms with Crippen molar-refractivity contribution in [3.8, 4) is 11.5 Å². The van der Waals surface area contributed by atoms with Gasteiger partial charge in [-0.1, -0.05) is 31.7 Å². The van der Waals surface area contributed by atoms with Crippen LogP contribution in [0, 0.1) is 0 Å². The van der Waals surface area contributed by atoms with Gasteiger partial charge in [-0.25, -0.2) is 0 Å². The topological polar surface area (TPSA) is 90.7 Å². The summed E-state index contributed by atoms with van der Waals surface area (Å²) in [5.74, 6) is 1.30.